The van der Waals surface area contributed by atoms with Crippen LogP contribution in [0.3, 0.4) is 0 Å². The zero-order chi connectivity index (χ0) is 12.3. The molecule has 1 heterocycles. The van der Waals surface area contributed by atoms with Gasteiger partial charge in [0.05, 0.1) is 21.0 Å². The van der Waals surface area contributed by atoms with Gasteiger partial charge in [-0.25, -0.2) is 13.8 Å². The summed E-state index contributed by atoms with van der Waals surface area (Å²) in [5, 5.41) is 19.0. The summed E-state index contributed by atoms with van der Waals surface area (Å²) in [4.78, 5) is 13.2. The molecule has 1 rings (SSSR count). The summed E-state index contributed by atoms with van der Waals surface area (Å²) in [5.41, 5.74) is -1.01. The van der Waals surface area contributed by atoms with E-state index in [9.17, 15) is 18.9 Å². The van der Waals surface area contributed by atoms with Crippen molar-refractivity contribution in [1.29, 1.82) is 5.26 Å². The molecule has 0 aliphatic heterocycles. The van der Waals surface area contributed by atoms with Crippen LogP contribution in [-0.2, 0) is 6.42 Å². The molecule has 0 radical (unpaired) electrons. The van der Waals surface area contributed by atoms with E-state index in [-0.39, 0.29) is 21.2 Å². The Morgan fingerprint density at radius 1 is 1.69 bits per heavy atom. The number of nitrogens with zero attached hydrogens (tertiary/aromatic N) is 3. The molecule has 0 atom stereocenters. The molecule has 0 saturated heterocycles. The van der Waals surface area contributed by atoms with Gasteiger partial charge in [0.25, 0.3) is 6.43 Å². The average Bonchev–Trinajstić information content (AvgIpc) is 2.20. The van der Waals surface area contributed by atoms with Crippen molar-refractivity contribution in [2.45, 2.75) is 12.8 Å². The summed E-state index contributed by atoms with van der Waals surface area (Å²) in [6.45, 7) is 0. The fraction of sp³-hybridized carbons (Fsp3) is 0.250. The van der Waals surface area contributed by atoms with E-state index in [1.54, 1.807) is 28.7 Å². The maximum atomic E-state index is 12.5. The smallest absolute Gasteiger partial charge is 0.258 e. The number of rotatable bonds is 3. The Balaban J connectivity index is 3.42. The molecule has 0 unspecified atom stereocenters. The van der Waals surface area contributed by atoms with Crippen LogP contribution in [0.15, 0.2) is 6.20 Å². The van der Waals surface area contributed by atoms with Crippen LogP contribution in [0, 0.1) is 25.0 Å². The Hall–Kier alpha value is -1.37. The minimum Gasteiger partial charge on any atom is -0.258 e. The fourth-order valence-electron chi connectivity index (χ4n) is 1.09. The number of halogens is 3. The van der Waals surface area contributed by atoms with Crippen LogP contribution in [0.4, 0.5) is 14.5 Å². The first-order chi connectivity index (χ1) is 7.49. The lowest BCUT2D eigenvalue weighted by atomic mass is 10.1. The number of pyridine rings is 1. The molecule has 8 heteroatoms. The van der Waals surface area contributed by atoms with Crippen molar-refractivity contribution in [1.82, 2.24) is 4.98 Å². The molecule has 1 aromatic heterocycles. The third-order valence-corrected chi connectivity index (χ3v) is 2.99. The number of nitro groups is 1. The number of hydrogen-bond acceptors (Lipinski definition) is 4. The Bertz CT molecular complexity index is 473. The molecule has 0 aliphatic rings. The van der Waals surface area contributed by atoms with Gasteiger partial charge in [-0.05, 0) is 22.6 Å². The second-order valence-corrected chi connectivity index (χ2v) is 3.79. The lowest BCUT2D eigenvalue weighted by Gasteiger charge is -2.07. The molecule has 84 valence electrons. The number of aromatic nitrogens is 1. The van der Waals surface area contributed by atoms with Gasteiger partial charge < -0.3 is 0 Å². The first-order valence-electron chi connectivity index (χ1n) is 3.95. The summed E-state index contributed by atoms with van der Waals surface area (Å²) >= 11 is 1.57. The van der Waals surface area contributed by atoms with Gasteiger partial charge in [-0.15, -0.1) is 0 Å². The fourth-order valence-corrected chi connectivity index (χ4v) is 1.90. The first-order valence-corrected chi connectivity index (χ1v) is 5.03. The third kappa shape index (κ3) is 2.41. The van der Waals surface area contributed by atoms with Crippen molar-refractivity contribution in [3.63, 3.8) is 0 Å². The molecule has 0 amide bonds. The maximum Gasteiger partial charge on any atom is 0.301 e. The van der Waals surface area contributed by atoms with Gasteiger partial charge in [-0.1, -0.05) is 0 Å². The molecular formula is C8H4F2IN3O2. The van der Waals surface area contributed by atoms with Crippen LogP contribution >= 0.6 is 22.6 Å². The van der Waals surface area contributed by atoms with Crippen molar-refractivity contribution < 1.29 is 13.7 Å². The molecule has 0 aromatic carbocycles. The van der Waals surface area contributed by atoms with Crippen LogP contribution in [0.5, 0.6) is 0 Å². The quantitative estimate of drug-likeness (QED) is 0.482. The van der Waals surface area contributed by atoms with Crippen molar-refractivity contribution in [3.8, 4) is 6.07 Å². The van der Waals surface area contributed by atoms with Crippen LogP contribution in [0.2, 0.25) is 0 Å². The van der Waals surface area contributed by atoms with Gasteiger partial charge in [-0.3, -0.25) is 10.1 Å². The van der Waals surface area contributed by atoms with Crippen molar-refractivity contribution in [3.05, 3.63) is 31.1 Å². The molecule has 0 fully saturated rings. The Kier molecular flexibility index (Phi) is 4.05. The van der Waals surface area contributed by atoms with E-state index in [0.717, 1.165) is 6.20 Å². The largest absolute Gasteiger partial charge is 0.301 e. The third-order valence-electron chi connectivity index (χ3n) is 1.78. The first kappa shape index (κ1) is 12.7. The molecule has 0 N–H and O–H groups in total. The van der Waals surface area contributed by atoms with Gasteiger partial charge in [0.1, 0.15) is 11.9 Å². The lowest BCUT2D eigenvalue weighted by Crippen LogP contribution is -2.04. The predicted octanol–water partition coefficient (Wildman–Crippen LogP) is 2.60. The van der Waals surface area contributed by atoms with Gasteiger partial charge in [0, 0.05) is 5.56 Å². The summed E-state index contributed by atoms with van der Waals surface area (Å²) in [7, 11) is 0. The normalized spacial score (nSPS) is 10.2. The highest BCUT2D eigenvalue weighted by Gasteiger charge is 2.24. The van der Waals surface area contributed by atoms with Crippen molar-refractivity contribution in [2.24, 2.45) is 0 Å². The number of nitriles is 1. The topological polar surface area (TPSA) is 79.8 Å². The minimum atomic E-state index is -2.85. The van der Waals surface area contributed by atoms with Gasteiger partial charge in [0.2, 0.25) is 0 Å². The molecule has 0 aliphatic carbocycles. The van der Waals surface area contributed by atoms with E-state index in [1.165, 1.54) is 0 Å². The highest BCUT2D eigenvalue weighted by Crippen LogP contribution is 2.30. The molecule has 1 aromatic rings. The van der Waals surface area contributed by atoms with E-state index < -0.39 is 17.0 Å². The Morgan fingerprint density at radius 2 is 2.31 bits per heavy atom. The molecular weight excluding hydrogens is 335 g/mol. The maximum absolute atomic E-state index is 12.5. The monoisotopic (exact) mass is 339 g/mol. The van der Waals surface area contributed by atoms with Crippen LogP contribution in [0.1, 0.15) is 17.7 Å². The van der Waals surface area contributed by atoms with E-state index in [1.807, 2.05) is 0 Å². The van der Waals surface area contributed by atoms with Crippen LogP contribution in [-0.4, -0.2) is 9.91 Å². The number of alkyl halides is 2. The molecule has 0 spiro atoms. The van der Waals surface area contributed by atoms with E-state index in [4.69, 9.17) is 5.26 Å². The molecule has 0 saturated carbocycles. The second kappa shape index (κ2) is 5.11. The zero-order valence-electron chi connectivity index (χ0n) is 7.65. The van der Waals surface area contributed by atoms with E-state index >= 15 is 0 Å². The van der Waals surface area contributed by atoms with E-state index in [0.29, 0.717) is 0 Å². The highest BCUT2D eigenvalue weighted by molar-refractivity contribution is 14.1. The summed E-state index contributed by atoms with van der Waals surface area (Å²) in [6, 6.07) is 1.69. The predicted molar refractivity (Wildman–Crippen MR) is 57.9 cm³/mol. The lowest BCUT2D eigenvalue weighted by molar-refractivity contribution is -0.386. The molecule has 0 bridgehead atoms. The molecule has 16 heavy (non-hydrogen) atoms. The van der Waals surface area contributed by atoms with Crippen LogP contribution in [0.25, 0.3) is 0 Å². The zero-order valence-corrected chi connectivity index (χ0v) is 9.81. The Morgan fingerprint density at radius 3 is 2.75 bits per heavy atom. The summed E-state index contributed by atoms with van der Waals surface area (Å²) in [5.74, 6) is 0. The van der Waals surface area contributed by atoms with Gasteiger partial charge in [0.15, 0.2) is 0 Å². The van der Waals surface area contributed by atoms with Gasteiger partial charge >= 0.3 is 5.69 Å². The number of hydrogen-bond donors (Lipinski definition) is 0. The second-order valence-electron chi connectivity index (χ2n) is 2.71. The summed E-state index contributed by atoms with van der Waals surface area (Å²) in [6.07, 6.45) is -2.39. The standard InChI is InChI=1S/C8H4F2IN3O2/c9-8(10)7-4(1-2-12)6(11)5(3-13-7)14(15)16/h3,8H,1H2. The SMILES string of the molecule is N#CCc1c(C(F)F)ncc([N+](=O)[O-])c1I. The highest BCUT2D eigenvalue weighted by atomic mass is 127. The average molecular weight is 339 g/mol. The minimum absolute atomic E-state index is 0.0365. The van der Waals surface area contributed by atoms with Crippen molar-refractivity contribution >= 4 is 28.3 Å². The molecule has 5 nitrogen and oxygen atoms in total. The van der Waals surface area contributed by atoms with Crippen molar-refractivity contribution in [2.75, 3.05) is 0 Å². The van der Waals surface area contributed by atoms with E-state index in [2.05, 4.69) is 4.98 Å². The van der Waals surface area contributed by atoms with Gasteiger partial charge in [-0.2, -0.15) is 5.26 Å². The Labute approximate surface area is 102 Å². The van der Waals surface area contributed by atoms with Crippen LogP contribution < -0.4 is 0 Å². The summed E-state index contributed by atoms with van der Waals surface area (Å²) < 4.78 is 25.1.